The minimum Gasteiger partial charge on any atom is -0.508 e. The van der Waals surface area contributed by atoms with Crippen molar-refractivity contribution in [1.82, 2.24) is 0 Å². The fraction of sp³-hybridized carbons (Fsp3) is 0.278. The van der Waals surface area contributed by atoms with Crippen LogP contribution in [0.2, 0.25) is 0 Å². The molecule has 21 heavy (non-hydrogen) atoms. The lowest BCUT2D eigenvalue weighted by molar-refractivity contribution is 0.101. The van der Waals surface area contributed by atoms with Gasteiger partial charge in [-0.25, -0.2) is 0 Å². The zero-order chi connectivity index (χ0) is 15.6. The van der Waals surface area contributed by atoms with Gasteiger partial charge in [-0.15, -0.1) is 0 Å². The van der Waals surface area contributed by atoms with Gasteiger partial charge in [-0.3, -0.25) is 4.79 Å². The van der Waals surface area contributed by atoms with Gasteiger partial charge in [0.2, 0.25) is 0 Å². The van der Waals surface area contributed by atoms with E-state index in [-0.39, 0.29) is 16.9 Å². The smallest absolute Gasteiger partial charge is 0.159 e. The van der Waals surface area contributed by atoms with E-state index in [1.807, 2.05) is 12.1 Å². The highest BCUT2D eigenvalue weighted by Crippen LogP contribution is 2.31. The van der Waals surface area contributed by atoms with Crippen LogP contribution in [0, 0.1) is 0 Å². The van der Waals surface area contributed by atoms with E-state index in [0.717, 1.165) is 5.56 Å². The van der Waals surface area contributed by atoms with Gasteiger partial charge in [0.25, 0.3) is 0 Å². The molecule has 0 aliphatic heterocycles. The van der Waals surface area contributed by atoms with Crippen molar-refractivity contribution in [2.45, 2.75) is 33.1 Å². The lowest BCUT2D eigenvalue weighted by atomic mass is 9.85. The van der Waals surface area contributed by atoms with Gasteiger partial charge >= 0.3 is 0 Å². The summed E-state index contributed by atoms with van der Waals surface area (Å²) in [6.07, 6.45) is 0. The van der Waals surface area contributed by atoms with E-state index in [0.29, 0.717) is 17.1 Å². The zero-order valence-electron chi connectivity index (χ0n) is 12.8. The summed E-state index contributed by atoms with van der Waals surface area (Å²) in [5.74, 6) is 1.44. The second-order valence-electron chi connectivity index (χ2n) is 6.15. The van der Waals surface area contributed by atoms with Crippen molar-refractivity contribution in [1.29, 1.82) is 0 Å². The maximum atomic E-state index is 11.7. The molecule has 0 aliphatic rings. The molecule has 0 aliphatic carbocycles. The number of carbonyl (C=O) groups excluding carboxylic acids is 1. The van der Waals surface area contributed by atoms with Crippen LogP contribution in [0.25, 0.3) is 0 Å². The summed E-state index contributed by atoms with van der Waals surface area (Å²) in [5.41, 5.74) is 1.61. The van der Waals surface area contributed by atoms with Gasteiger partial charge in [0, 0.05) is 5.56 Å². The second-order valence-corrected chi connectivity index (χ2v) is 6.15. The van der Waals surface area contributed by atoms with Crippen LogP contribution in [0.1, 0.15) is 43.6 Å². The van der Waals surface area contributed by atoms with Crippen LogP contribution < -0.4 is 4.74 Å². The molecule has 3 nitrogen and oxygen atoms in total. The van der Waals surface area contributed by atoms with Gasteiger partial charge in [-0.05, 0) is 60.4 Å². The van der Waals surface area contributed by atoms with E-state index in [2.05, 4.69) is 20.8 Å². The van der Waals surface area contributed by atoms with E-state index < -0.39 is 0 Å². The van der Waals surface area contributed by atoms with Gasteiger partial charge in [0.15, 0.2) is 5.78 Å². The number of rotatable bonds is 3. The largest absolute Gasteiger partial charge is 0.508 e. The summed E-state index contributed by atoms with van der Waals surface area (Å²) in [6, 6.07) is 12.1. The molecule has 3 heteroatoms. The summed E-state index contributed by atoms with van der Waals surface area (Å²) in [4.78, 5) is 11.7. The van der Waals surface area contributed by atoms with Crippen molar-refractivity contribution in [2.75, 3.05) is 0 Å². The quantitative estimate of drug-likeness (QED) is 0.832. The summed E-state index contributed by atoms with van der Waals surface area (Å²) < 4.78 is 5.80. The zero-order valence-corrected chi connectivity index (χ0v) is 12.8. The number of hydrogen-bond donors (Lipinski definition) is 1. The number of phenols is 1. The van der Waals surface area contributed by atoms with Crippen molar-refractivity contribution >= 4 is 5.78 Å². The molecule has 0 spiro atoms. The van der Waals surface area contributed by atoms with Gasteiger partial charge < -0.3 is 9.84 Å². The normalized spacial score (nSPS) is 11.2. The Labute approximate surface area is 125 Å². The maximum absolute atomic E-state index is 11.7. The number of ketones is 1. The molecule has 1 N–H and O–H groups in total. The Morgan fingerprint density at radius 2 is 1.62 bits per heavy atom. The topological polar surface area (TPSA) is 46.5 Å². The highest BCUT2D eigenvalue weighted by Gasteiger charge is 2.17. The molecule has 0 aromatic heterocycles. The van der Waals surface area contributed by atoms with Crippen molar-refractivity contribution in [3.05, 3.63) is 53.6 Å². The summed E-state index contributed by atoms with van der Waals surface area (Å²) in [7, 11) is 0. The van der Waals surface area contributed by atoms with Crippen molar-refractivity contribution in [2.24, 2.45) is 0 Å². The highest BCUT2D eigenvalue weighted by molar-refractivity contribution is 5.94. The lowest BCUT2D eigenvalue weighted by Crippen LogP contribution is -2.12. The van der Waals surface area contributed by atoms with E-state index in [1.54, 1.807) is 37.3 Å². The Morgan fingerprint density at radius 1 is 1.00 bits per heavy atom. The molecule has 0 radical (unpaired) electrons. The molecular formula is C18H20O3. The molecule has 2 aromatic carbocycles. The first-order chi connectivity index (χ1) is 9.75. The molecule has 0 atom stereocenters. The molecule has 0 fully saturated rings. The SMILES string of the molecule is CC(=O)c1cc(Oc2ccc(O)cc2)cc(C(C)(C)C)c1. The average molecular weight is 284 g/mol. The van der Waals surface area contributed by atoms with Crippen LogP contribution >= 0.6 is 0 Å². The first kappa shape index (κ1) is 15.1. The molecule has 0 bridgehead atoms. The molecule has 0 amide bonds. The molecule has 0 saturated heterocycles. The molecule has 2 rings (SSSR count). The number of Topliss-reactive ketones (excluding diaryl/α,β-unsaturated/α-hetero) is 1. The molecule has 2 aromatic rings. The van der Waals surface area contributed by atoms with E-state index in [1.165, 1.54) is 0 Å². The van der Waals surface area contributed by atoms with Crippen LogP contribution in [0.5, 0.6) is 17.2 Å². The van der Waals surface area contributed by atoms with Crippen molar-refractivity contribution in [3.8, 4) is 17.2 Å². The molecule has 0 saturated carbocycles. The Morgan fingerprint density at radius 3 is 2.14 bits per heavy atom. The number of aromatic hydroxyl groups is 1. The fourth-order valence-electron chi connectivity index (χ4n) is 1.94. The summed E-state index contributed by atoms with van der Waals surface area (Å²) in [5, 5.41) is 9.29. The second kappa shape index (κ2) is 5.60. The minimum atomic E-state index is -0.0709. The summed E-state index contributed by atoms with van der Waals surface area (Å²) in [6.45, 7) is 7.83. The number of benzene rings is 2. The molecule has 0 unspecified atom stereocenters. The predicted molar refractivity (Wildman–Crippen MR) is 83.3 cm³/mol. The van der Waals surface area contributed by atoms with Crippen LogP contribution in [0.3, 0.4) is 0 Å². The number of ether oxygens (including phenoxy) is 1. The van der Waals surface area contributed by atoms with Gasteiger partial charge in [0.05, 0.1) is 0 Å². The van der Waals surface area contributed by atoms with Crippen molar-refractivity contribution < 1.29 is 14.6 Å². The van der Waals surface area contributed by atoms with Gasteiger partial charge in [-0.2, -0.15) is 0 Å². The van der Waals surface area contributed by atoms with Crippen LogP contribution in [-0.2, 0) is 5.41 Å². The van der Waals surface area contributed by atoms with Crippen LogP contribution in [0.4, 0.5) is 0 Å². The Balaban J connectivity index is 2.40. The third-order valence-electron chi connectivity index (χ3n) is 3.25. The average Bonchev–Trinajstić information content (AvgIpc) is 2.40. The Bertz CT molecular complexity index is 649. The summed E-state index contributed by atoms with van der Waals surface area (Å²) >= 11 is 0. The predicted octanol–water partition coefficient (Wildman–Crippen LogP) is 4.68. The number of hydrogen-bond acceptors (Lipinski definition) is 3. The third-order valence-corrected chi connectivity index (χ3v) is 3.25. The van der Waals surface area contributed by atoms with Gasteiger partial charge in [0.1, 0.15) is 17.2 Å². The molecular weight excluding hydrogens is 264 g/mol. The van der Waals surface area contributed by atoms with E-state index >= 15 is 0 Å². The minimum absolute atomic E-state index is 0.0108. The number of carbonyl (C=O) groups is 1. The maximum Gasteiger partial charge on any atom is 0.159 e. The van der Waals surface area contributed by atoms with Crippen LogP contribution in [-0.4, -0.2) is 10.9 Å². The molecule has 0 heterocycles. The first-order valence-electron chi connectivity index (χ1n) is 6.89. The van der Waals surface area contributed by atoms with Crippen LogP contribution in [0.15, 0.2) is 42.5 Å². The van der Waals surface area contributed by atoms with E-state index in [9.17, 15) is 9.90 Å². The Kier molecular flexibility index (Phi) is 4.03. The lowest BCUT2D eigenvalue weighted by Gasteiger charge is -2.21. The van der Waals surface area contributed by atoms with Crippen molar-refractivity contribution in [3.63, 3.8) is 0 Å². The monoisotopic (exact) mass is 284 g/mol. The van der Waals surface area contributed by atoms with E-state index in [4.69, 9.17) is 4.74 Å². The standard InChI is InChI=1S/C18H20O3/c1-12(19)13-9-14(18(2,3)4)11-17(10-13)21-16-7-5-15(20)6-8-16/h5-11,20H,1-4H3. The Hall–Kier alpha value is -2.29. The number of phenolic OH excluding ortho intramolecular Hbond substituents is 1. The first-order valence-corrected chi connectivity index (χ1v) is 6.89. The fourth-order valence-corrected chi connectivity index (χ4v) is 1.94. The molecule has 110 valence electrons. The third kappa shape index (κ3) is 3.85. The van der Waals surface area contributed by atoms with Gasteiger partial charge in [-0.1, -0.05) is 20.8 Å². The highest BCUT2D eigenvalue weighted by atomic mass is 16.5.